The van der Waals surface area contributed by atoms with Crippen molar-refractivity contribution in [1.82, 2.24) is 0 Å². The number of hydrogen-bond acceptors (Lipinski definition) is 3. The average molecular weight is 322 g/mol. The second-order valence-corrected chi connectivity index (χ2v) is 6.32. The third kappa shape index (κ3) is 6.28. The fraction of sp³-hybridized carbons (Fsp3) is 0.667. The summed E-state index contributed by atoms with van der Waals surface area (Å²) in [6.45, 7) is 3.98. The van der Waals surface area contributed by atoms with Gasteiger partial charge in [-0.3, -0.25) is 5.73 Å². The number of rotatable bonds is 12. The van der Waals surface area contributed by atoms with Gasteiger partial charge in [-0.1, -0.05) is 51.5 Å². The van der Waals surface area contributed by atoms with Crippen molar-refractivity contribution in [2.24, 2.45) is 10.7 Å². The highest BCUT2D eigenvalue weighted by Crippen LogP contribution is 2.20. The van der Waals surface area contributed by atoms with Crippen molar-refractivity contribution in [3.8, 4) is 0 Å². The molecule has 0 radical (unpaired) electrons. The molecule has 0 amide bonds. The highest BCUT2D eigenvalue weighted by molar-refractivity contribution is 5.90. The second-order valence-electron chi connectivity index (χ2n) is 6.32. The molecule has 2 unspecified atom stereocenters. The molecule has 130 valence electrons. The molecule has 3 N–H and O–H groups in total. The average Bonchev–Trinajstić information content (AvgIpc) is 2.89. The number of allylic oxidation sites excluding steroid dienone is 1. The van der Waals surface area contributed by atoms with Gasteiger partial charge in [0, 0.05) is 13.0 Å². The molecule has 5 nitrogen and oxygen atoms in total. The van der Waals surface area contributed by atoms with E-state index in [0.29, 0.717) is 5.84 Å². The predicted octanol–water partition coefficient (Wildman–Crippen LogP) is 3.77. The summed E-state index contributed by atoms with van der Waals surface area (Å²) in [5.74, 6) is -0.160. The molecule has 0 saturated heterocycles. The van der Waals surface area contributed by atoms with Crippen LogP contribution in [-0.2, 0) is 4.79 Å². The quantitative estimate of drug-likeness (QED) is 0.424. The van der Waals surface area contributed by atoms with Gasteiger partial charge in [-0.05, 0) is 12.8 Å². The second kappa shape index (κ2) is 10.3. The fourth-order valence-electron chi connectivity index (χ4n) is 2.85. The minimum Gasteiger partial charge on any atom is -0.477 e. The first-order valence-corrected chi connectivity index (χ1v) is 8.80. The molecule has 1 rings (SSSR count). The number of nitrogens with zero attached hydrogens (tertiary/aromatic N) is 2. The van der Waals surface area contributed by atoms with Gasteiger partial charge in [-0.25, -0.2) is 9.28 Å². The Morgan fingerprint density at radius 2 is 1.96 bits per heavy atom. The molecule has 5 heteroatoms. The van der Waals surface area contributed by atoms with Crippen molar-refractivity contribution < 1.29 is 14.4 Å². The lowest BCUT2D eigenvalue weighted by atomic mass is 10.1. The number of quaternary nitrogens is 1. The molecule has 0 aromatic rings. The standard InChI is InChI=1S/C18H31N3O2/c1-3-4-5-6-7-8-9-10-11-12-17-20-13-14-21(17,16(2)19)15-18(22)23/h11-14,16H,3-10,15,19H2,1-2H3/p+1/b12-11+. The topological polar surface area (TPSA) is 75.7 Å². The molecular formula is C18H32N3O2+. The van der Waals surface area contributed by atoms with E-state index in [-0.39, 0.29) is 17.2 Å². The van der Waals surface area contributed by atoms with Crippen LogP contribution in [0.15, 0.2) is 29.5 Å². The Morgan fingerprint density at radius 1 is 1.30 bits per heavy atom. The first kappa shape index (κ1) is 19.6. The molecule has 0 bridgehead atoms. The monoisotopic (exact) mass is 322 g/mol. The largest absolute Gasteiger partial charge is 0.477 e. The smallest absolute Gasteiger partial charge is 0.360 e. The zero-order chi connectivity index (χ0) is 17.1. The molecule has 0 aliphatic carbocycles. The van der Waals surface area contributed by atoms with E-state index in [4.69, 9.17) is 10.8 Å². The Balaban J connectivity index is 2.39. The van der Waals surface area contributed by atoms with Gasteiger partial charge in [0.05, 0.1) is 6.20 Å². The molecule has 23 heavy (non-hydrogen) atoms. The molecule has 1 heterocycles. The first-order valence-electron chi connectivity index (χ1n) is 8.80. The number of carboxylic acid groups (broad SMARTS) is 1. The summed E-state index contributed by atoms with van der Waals surface area (Å²) < 4.78 is 0.0862. The van der Waals surface area contributed by atoms with Crippen LogP contribution in [0.2, 0.25) is 0 Å². The van der Waals surface area contributed by atoms with Gasteiger partial charge in [0.2, 0.25) is 5.84 Å². The van der Waals surface area contributed by atoms with Gasteiger partial charge >= 0.3 is 5.97 Å². The molecule has 0 spiro atoms. The third-order valence-electron chi connectivity index (χ3n) is 4.33. The third-order valence-corrected chi connectivity index (χ3v) is 4.33. The van der Waals surface area contributed by atoms with E-state index in [0.717, 1.165) is 6.42 Å². The summed E-state index contributed by atoms with van der Waals surface area (Å²) in [6, 6.07) is 0. The highest BCUT2D eigenvalue weighted by atomic mass is 16.4. The zero-order valence-electron chi connectivity index (χ0n) is 14.6. The Labute approximate surface area is 140 Å². The van der Waals surface area contributed by atoms with Crippen LogP contribution >= 0.6 is 0 Å². The van der Waals surface area contributed by atoms with E-state index < -0.39 is 5.97 Å². The summed E-state index contributed by atoms with van der Waals surface area (Å²) in [6.07, 6.45) is 17.1. The van der Waals surface area contributed by atoms with Gasteiger partial charge in [-0.15, -0.1) is 0 Å². The number of nitrogens with two attached hydrogens (primary N) is 1. The summed E-state index contributed by atoms with van der Waals surface area (Å²) in [5.41, 5.74) is 6.02. The van der Waals surface area contributed by atoms with E-state index in [1.54, 1.807) is 12.4 Å². The number of carbonyl (C=O) groups is 1. The van der Waals surface area contributed by atoms with Crippen LogP contribution in [0.5, 0.6) is 0 Å². The summed E-state index contributed by atoms with van der Waals surface area (Å²) >= 11 is 0. The Morgan fingerprint density at radius 3 is 2.57 bits per heavy atom. The summed E-state index contributed by atoms with van der Waals surface area (Å²) in [7, 11) is 0. The van der Waals surface area contributed by atoms with Crippen LogP contribution < -0.4 is 5.73 Å². The van der Waals surface area contributed by atoms with Gasteiger partial charge in [0.25, 0.3) is 0 Å². The van der Waals surface area contributed by atoms with Crippen molar-refractivity contribution in [1.29, 1.82) is 0 Å². The predicted molar refractivity (Wildman–Crippen MR) is 94.7 cm³/mol. The van der Waals surface area contributed by atoms with Crippen molar-refractivity contribution in [2.45, 2.75) is 71.4 Å². The van der Waals surface area contributed by atoms with Gasteiger partial charge in [0.1, 0.15) is 12.4 Å². The summed E-state index contributed by atoms with van der Waals surface area (Å²) in [4.78, 5) is 15.5. The lowest BCUT2D eigenvalue weighted by Crippen LogP contribution is -2.58. The lowest BCUT2D eigenvalue weighted by Gasteiger charge is -2.33. The minimum absolute atomic E-state index is 0.0746. The van der Waals surface area contributed by atoms with Gasteiger partial charge < -0.3 is 5.11 Å². The van der Waals surface area contributed by atoms with Crippen molar-refractivity contribution >= 4 is 11.8 Å². The van der Waals surface area contributed by atoms with Crippen LogP contribution in [0.3, 0.4) is 0 Å². The van der Waals surface area contributed by atoms with Gasteiger partial charge in [0.15, 0.2) is 6.54 Å². The molecule has 2 atom stereocenters. The molecular weight excluding hydrogens is 290 g/mol. The minimum atomic E-state index is -0.873. The number of aliphatic imine (C=N–C) groups is 1. The molecule has 0 fully saturated rings. The van der Waals surface area contributed by atoms with E-state index >= 15 is 0 Å². The SMILES string of the molecule is CCCCCCCCC/C=C/C1=NC=C[N+]1(CC(=O)O)C(C)N. The van der Waals surface area contributed by atoms with Crippen molar-refractivity contribution in [3.63, 3.8) is 0 Å². The number of unbranched alkanes of at least 4 members (excludes halogenated alkanes) is 7. The van der Waals surface area contributed by atoms with E-state index in [1.807, 2.05) is 13.0 Å². The number of hydrogen-bond donors (Lipinski definition) is 2. The maximum atomic E-state index is 11.1. The maximum absolute atomic E-state index is 11.1. The van der Waals surface area contributed by atoms with Crippen LogP contribution in [0, 0.1) is 0 Å². The van der Waals surface area contributed by atoms with E-state index in [1.165, 1.54) is 44.9 Å². The number of aliphatic carboxylic acids is 1. The summed E-state index contributed by atoms with van der Waals surface area (Å²) in [5, 5.41) is 9.15. The van der Waals surface area contributed by atoms with Crippen LogP contribution in [0.1, 0.15) is 65.2 Å². The normalized spacial score (nSPS) is 21.8. The van der Waals surface area contributed by atoms with Gasteiger partial charge in [-0.2, -0.15) is 4.99 Å². The Hall–Kier alpha value is -1.46. The molecule has 0 aromatic heterocycles. The Kier molecular flexibility index (Phi) is 8.81. The van der Waals surface area contributed by atoms with Crippen LogP contribution in [0.4, 0.5) is 0 Å². The molecule has 1 aliphatic heterocycles. The van der Waals surface area contributed by atoms with Crippen molar-refractivity contribution in [3.05, 3.63) is 24.6 Å². The molecule has 1 aliphatic rings. The molecule has 0 saturated carbocycles. The number of amidine groups is 1. The van der Waals surface area contributed by atoms with E-state index in [9.17, 15) is 4.79 Å². The Bertz CT molecular complexity index is 455. The van der Waals surface area contributed by atoms with Crippen molar-refractivity contribution in [2.75, 3.05) is 6.54 Å². The van der Waals surface area contributed by atoms with E-state index in [2.05, 4.69) is 18.0 Å². The maximum Gasteiger partial charge on any atom is 0.360 e. The van der Waals surface area contributed by atoms with Crippen LogP contribution in [-0.4, -0.2) is 34.1 Å². The van der Waals surface area contributed by atoms with Crippen LogP contribution in [0.25, 0.3) is 0 Å². The molecule has 0 aromatic carbocycles. The zero-order valence-corrected chi connectivity index (χ0v) is 14.6. The highest BCUT2D eigenvalue weighted by Gasteiger charge is 2.39. The number of carboxylic acids is 1. The fourth-order valence-corrected chi connectivity index (χ4v) is 2.85. The first-order chi connectivity index (χ1) is 11.0. The lowest BCUT2D eigenvalue weighted by molar-refractivity contribution is -0.803.